The summed E-state index contributed by atoms with van der Waals surface area (Å²) < 4.78 is 0. The highest BCUT2D eigenvalue weighted by Crippen LogP contribution is 2.29. The van der Waals surface area contributed by atoms with Crippen LogP contribution in [0.4, 0.5) is 5.69 Å². The van der Waals surface area contributed by atoms with Gasteiger partial charge in [-0.25, -0.2) is 4.98 Å². The van der Waals surface area contributed by atoms with Crippen LogP contribution in [0.1, 0.15) is 22.5 Å². The topological polar surface area (TPSA) is 71.2 Å². The van der Waals surface area contributed by atoms with Crippen molar-refractivity contribution < 1.29 is 4.79 Å². The molecule has 3 fully saturated rings. The number of nitrogens with one attached hydrogen (secondary N) is 1. The molecule has 3 aliphatic rings. The second-order valence-electron chi connectivity index (χ2n) is 6.37. The monoisotopic (exact) mass is 328 g/mol. The van der Waals surface area contributed by atoms with E-state index in [1.54, 1.807) is 6.20 Å². The predicted molar refractivity (Wildman–Crippen MR) is 92.4 cm³/mol. The molecule has 0 aliphatic carbocycles. The van der Waals surface area contributed by atoms with Gasteiger partial charge in [-0.15, -0.1) is 11.3 Å². The predicted octanol–water partition coefficient (Wildman–Crippen LogP) is 2.22. The first-order valence-electron chi connectivity index (χ1n) is 8.04. The van der Waals surface area contributed by atoms with Gasteiger partial charge in [-0.2, -0.15) is 0 Å². The molecule has 2 bridgehead atoms. The standard InChI is InChI=1S/C17H20N4OS/c18-13-3-1-12(2-4-13)17-19-9-15(23-17)16(22)20-14-10-21-7-5-11(14)6-8-21/h1-4,9,11,14H,5-8,10,18H2,(H,20,22). The summed E-state index contributed by atoms with van der Waals surface area (Å²) in [6.45, 7) is 3.35. The number of thiazole rings is 1. The summed E-state index contributed by atoms with van der Waals surface area (Å²) >= 11 is 1.43. The first-order valence-corrected chi connectivity index (χ1v) is 8.85. The van der Waals surface area contributed by atoms with E-state index in [9.17, 15) is 4.79 Å². The normalized spacial score (nSPS) is 26.2. The van der Waals surface area contributed by atoms with Crippen LogP contribution in [0.3, 0.4) is 0 Å². The van der Waals surface area contributed by atoms with Gasteiger partial charge in [0.2, 0.25) is 0 Å². The molecule has 4 heterocycles. The first kappa shape index (κ1) is 14.7. The zero-order chi connectivity index (χ0) is 15.8. The number of nitrogen functional groups attached to an aromatic ring is 1. The van der Waals surface area contributed by atoms with Crippen molar-refractivity contribution in [3.63, 3.8) is 0 Å². The molecule has 1 aromatic heterocycles. The van der Waals surface area contributed by atoms with Gasteiger partial charge >= 0.3 is 0 Å². The van der Waals surface area contributed by atoms with Gasteiger partial charge in [0.15, 0.2) is 0 Å². The van der Waals surface area contributed by atoms with E-state index in [4.69, 9.17) is 5.73 Å². The number of anilines is 1. The Kier molecular flexibility index (Phi) is 3.79. The lowest BCUT2D eigenvalue weighted by Gasteiger charge is -2.44. The van der Waals surface area contributed by atoms with Gasteiger partial charge in [0, 0.05) is 23.8 Å². The van der Waals surface area contributed by atoms with Crippen molar-refractivity contribution in [3.8, 4) is 10.6 Å². The van der Waals surface area contributed by atoms with Crippen LogP contribution in [0.25, 0.3) is 10.6 Å². The average Bonchev–Trinajstić information content (AvgIpc) is 3.07. The lowest BCUT2D eigenvalue weighted by molar-refractivity contribution is 0.0622. The van der Waals surface area contributed by atoms with Crippen molar-refractivity contribution in [2.75, 3.05) is 25.4 Å². The first-order chi connectivity index (χ1) is 11.2. The molecule has 1 atom stereocenters. The number of fused-ring (bicyclic) bond motifs is 3. The molecule has 1 amide bonds. The number of carbonyl (C=O) groups is 1. The summed E-state index contributed by atoms with van der Waals surface area (Å²) in [4.78, 5) is 20.0. The largest absolute Gasteiger partial charge is 0.399 e. The third-order valence-corrected chi connectivity index (χ3v) is 5.90. The Morgan fingerprint density at radius 1 is 1.26 bits per heavy atom. The molecule has 23 heavy (non-hydrogen) atoms. The Bertz CT molecular complexity index is 704. The number of nitrogens with zero attached hydrogens (tertiary/aromatic N) is 2. The van der Waals surface area contributed by atoms with Crippen molar-refractivity contribution in [1.29, 1.82) is 0 Å². The molecule has 120 valence electrons. The molecule has 2 aromatic rings. The minimum absolute atomic E-state index is 0.00273. The van der Waals surface area contributed by atoms with Crippen LogP contribution >= 0.6 is 11.3 Å². The van der Waals surface area contributed by atoms with Gasteiger partial charge in [0.05, 0.1) is 6.20 Å². The van der Waals surface area contributed by atoms with Crippen LogP contribution in [-0.4, -0.2) is 41.5 Å². The summed E-state index contributed by atoms with van der Waals surface area (Å²) in [5, 5.41) is 4.06. The summed E-state index contributed by atoms with van der Waals surface area (Å²) in [6, 6.07) is 7.85. The number of aromatic nitrogens is 1. The molecule has 3 saturated heterocycles. The molecule has 3 N–H and O–H groups in total. The van der Waals surface area contributed by atoms with Crippen molar-refractivity contribution >= 4 is 22.9 Å². The molecule has 6 heteroatoms. The fourth-order valence-corrected chi connectivity index (χ4v) is 4.33. The highest BCUT2D eigenvalue weighted by Gasteiger charge is 2.35. The van der Waals surface area contributed by atoms with E-state index < -0.39 is 0 Å². The van der Waals surface area contributed by atoms with Crippen LogP contribution in [0.15, 0.2) is 30.5 Å². The number of benzene rings is 1. The molecular weight excluding hydrogens is 308 g/mol. The van der Waals surface area contributed by atoms with E-state index in [0.29, 0.717) is 10.8 Å². The van der Waals surface area contributed by atoms with Gasteiger partial charge < -0.3 is 16.0 Å². The van der Waals surface area contributed by atoms with Crippen molar-refractivity contribution in [2.24, 2.45) is 5.92 Å². The summed E-state index contributed by atoms with van der Waals surface area (Å²) in [7, 11) is 0. The Labute approximate surface area is 139 Å². The summed E-state index contributed by atoms with van der Waals surface area (Å²) in [5.41, 5.74) is 7.43. The maximum Gasteiger partial charge on any atom is 0.263 e. The number of hydrogen-bond acceptors (Lipinski definition) is 5. The third kappa shape index (κ3) is 2.96. The minimum atomic E-state index is 0.00273. The summed E-state index contributed by atoms with van der Waals surface area (Å²) in [6.07, 6.45) is 4.07. The van der Waals surface area contributed by atoms with Crippen molar-refractivity contribution in [3.05, 3.63) is 35.3 Å². The van der Waals surface area contributed by atoms with Crippen molar-refractivity contribution in [1.82, 2.24) is 15.2 Å². The van der Waals surface area contributed by atoms with Crippen LogP contribution in [0.2, 0.25) is 0 Å². The van der Waals surface area contributed by atoms with E-state index >= 15 is 0 Å². The zero-order valence-electron chi connectivity index (χ0n) is 12.9. The van der Waals surface area contributed by atoms with Crippen LogP contribution in [-0.2, 0) is 0 Å². The Hall–Kier alpha value is -1.92. The Balaban J connectivity index is 1.46. The zero-order valence-corrected chi connectivity index (χ0v) is 13.7. The van der Waals surface area contributed by atoms with Crippen molar-refractivity contribution in [2.45, 2.75) is 18.9 Å². The van der Waals surface area contributed by atoms with Crippen LogP contribution < -0.4 is 11.1 Å². The van der Waals surface area contributed by atoms with E-state index in [1.807, 2.05) is 24.3 Å². The molecule has 1 unspecified atom stereocenters. The summed E-state index contributed by atoms with van der Waals surface area (Å²) in [5.74, 6) is 0.636. The fraction of sp³-hybridized carbons (Fsp3) is 0.412. The SMILES string of the molecule is Nc1ccc(-c2ncc(C(=O)NC3CN4CCC3CC4)s2)cc1. The highest BCUT2D eigenvalue weighted by molar-refractivity contribution is 7.16. The van der Waals surface area contributed by atoms with Gasteiger partial charge in [-0.1, -0.05) is 0 Å². The van der Waals surface area contributed by atoms with E-state index in [-0.39, 0.29) is 11.9 Å². The maximum atomic E-state index is 12.5. The second kappa shape index (κ2) is 5.94. The van der Waals surface area contributed by atoms with Gasteiger partial charge in [-0.05, 0) is 56.1 Å². The number of hydrogen-bond donors (Lipinski definition) is 2. The molecule has 1 aromatic carbocycles. The molecule has 5 rings (SSSR count). The van der Waals surface area contributed by atoms with E-state index in [2.05, 4.69) is 15.2 Å². The van der Waals surface area contributed by atoms with Gasteiger partial charge in [0.1, 0.15) is 9.88 Å². The van der Waals surface area contributed by atoms with E-state index in [0.717, 1.165) is 22.8 Å². The number of piperidine rings is 3. The molecule has 0 saturated carbocycles. The fourth-order valence-electron chi connectivity index (χ4n) is 3.51. The molecule has 0 spiro atoms. The Morgan fingerprint density at radius 2 is 2.00 bits per heavy atom. The van der Waals surface area contributed by atoms with E-state index in [1.165, 1.54) is 37.3 Å². The number of rotatable bonds is 3. The number of amides is 1. The average molecular weight is 328 g/mol. The molecule has 5 nitrogen and oxygen atoms in total. The third-order valence-electron chi connectivity index (χ3n) is 4.86. The van der Waals surface area contributed by atoms with Crippen LogP contribution in [0, 0.1) is 5.92 Å². The lowest BCUT2D eigenvalue weighted by Crippen LogP contribution is -2.57. The quantitative estimate of drug-likeness (QED) is 0.848. The number of carbonyl (C=O) groups excluding carboxylic acids is 1. The van der Waals surface area contributed by atoms with Gasteiger partial charge in [0.25, 0.3) is 5.91 Å². The maximum absolute atomic E-state index is 12.5. The lowest BCUT2D eigenvalue weighted by atomic mass is 9.84. The second-order valence-corrected chi connectivity index (χ2v) is 7.40. The smallest absolute Gasteiger partial charge is 0.263 e. The molecule has 0 radical (unpaired) electrons. The highest BCUT2D eigenvalue weighted by atomic mass is 32.1. The number of nitrogens with two attached hydrogens (primary N) is 1. The minimum Gasteiger partial charge on any atom is -0.399 e. The Morgan fingerprint density at radius 3 is 2.65 bits per heavy atom. The molecule has 3 aliphatic heterocycles. The van der Waals surface area contributed by atoms with Crippen LogP contribution in [0.5, 0.6) is 0 Å². The molecular formula is C17H20N4OS. The van der Waals surface area contributed by atoms with Gasteiger partial charge in [-0.3, -0.25) is 4.79 Å².